The molecule has 0 unspecified atom stereocenters. The van der Waals surface area contributed by atoms with E-state index in [1.807, 2.05) is 24.3 Å². The summed E-state index contributed by atoms with van der Waals surface area (Å²) in [7, 11) is -3.93. The number of aryl methyl sites for hydroxylation is 2. The summed E-state index contributed by atoms with van der Waals surface area (Å²) < 4.78 is 30.2. The van der Waals surface area contributed by atoms with E-state index in [2.05, 4.69) is 9.97 Å². The van der Waals surface area contributed by atoms with Gasteiger partial charge < -0.3 is 10.1 Å². The first kappa shape index (κ1) is 22.6. The monoisotopic (exact) mass is 498 g/mol. The zero-order valence-corrected chi connectivity index (χ0v) is 20.0. The van der Waals surface area contributed by atoms with Crippen LogP contribution in [0.2, 0.25) is 5.02 Å². The molecule has 0 amide bonds. The average molecular weight is 499 g/mol. The van der Waals surface area contributed by atoms with Crippen LogP contribution in [0.1, 0.15) is 29.7 Å². The number of aliphatic hydroxyl groups is 1. The third kappa shape index (κ3) is 3.70. The number of H-pyrrole nitrogens is 1. The number of para-hydroxylation sites is 1. The number of sulfonamides is 1. The highest BCUT2D eigenvalue weighted by atomic mass is 35.5. The second kappa shape index (κ2) is 8.57. The first-order valence-corrected chi connectivity index (χ1v) is 12.8. The van der Waals surface area contributed by atoms with Crippen LogP contribution >= 0.6 is 11.6 Å². The van der Waals surface area contributed by atoms with Gasteiger partial charge in [-0.3, -0.25) is 4.31 Å². The fourth-order valence-corrected chi connectivity index (χ4v) is 6.22. The summed E-state index contributed by atoms with van der Waals surface area (Å²) in [6, 6.07) is 13.5. The summed E-state index contributed by atoms with van der Waals surface area (Å²) in [4.78, 5) is 20.1. The van der Waals surface area contributed by atoms with E-state index in [9.17, 15) is 18.3 Å². The summed E-state index contributed by atoms with van der Waals surface area (Å²) in [5, 5.41) is 9.77. The van der Waals surface area contributed by atoms with Gasteiger partial charge >= 0.3 is 5.69 Å². The van der Waals surface area contributed by atoms with E-state index in [0.717, 1.165) is 30.4 Å². The number of fused-ring (bicyclic) bond motifs is 2. The molecule has 5 rings (SSSR count). The van der Waals surface area contributed by atoms with Gasteiger partial charge in [-0.05, 0) is 67.6 Å². The van der Waals surface area contributed by atoms with Gasteiger partial charge in [-0.1, -0.05) is 29.8 Å². The van der Waals surface area contributed by atoms with Gasteiger partial charge in [0.15, 0.2) is 5.65 Å². The first-order chi connectivity index (χ1) is 16.3. The molecule has 0 fully saturated rings. The van der Waals surface area contributed by atoms with Crippen molar-refractivity contribution in [2.75, 3.05) is 10.8 Å². The molecule has 0 aliphatic carbocycles. The quantitative estimate of drug-likeness (QED) is 0.446. The van der Waals surface area contributed by atoms with Crippen LogP contribution in [0.25, 0.3) is 16.9 Å². The van der Waals surface area contributed by atoms with Crippen LogP contribution < -0.4 is 9.99 Å². The van der Waals surface area contributed by atoms with E-state index in [1.54, 1.807) is 13.0 Å². The second-order valence-corrected chi connectivity index (χ2v) is 10.6. The Kier molecular flexibility index (Phi) is 5.71. The number of hydrogen-bond acceptors (Lipinski definition) is 5. The maximum Gasteiger partial charge on any atom is 0.332 e. The van der Waals surface area contributed by atoms with Crippen LogP contribution in [-0.4, -0.2) is 34.6 Å². The molecule has 8 nitrogen and oxygen atoms in total. The minimum Gasteiger partial charge on any atom is -0.390 e. The molecule has 0 bridgehead atoms. The van der Waals surface area contributed by atoms with Crippen LogP contribution in [0, 0.1) is 6.92 Å². The molecular weight excluding hydrogens is 476 g/mol. The zero-order chi connectivity index (χ0) is 24.0. The number of nitrogens with zero attached hydrogens (tertiary/aromatic N) is 3. The van der Waals surface area contributed by atoms with Crippen LogP contribution in [0.4, 0.5) is 5.69 Å². The van der Waals surface area contributed by atoms with Crippen molar-refractivity contribution >= 4 is 38.5 Å². The largest absolute Gasteiger partial charge is 0.390 e. The molecule has 1 aliphatic heterocycles. The normalized spacial score (nSPS) is 14.3. The van der Waals surface area contributed by atoms with Gasteiger partial charge in [0, 0.05) is 6.54 Å². The highest BCUT2D eigenvalue weighted by molar-refractivity contribution is 7.92. The van der Waals surface area contributed by atoms with Crippen LogP contribution in [0.5, 0.6) is 0 Å². The van der Waals surface area contributed by atoms with Crippen molar-refractivity contribution in [1.82, 2.24) is 14.5 Å². The van der Waals surface area contributed by atoms with Gasteiger partial charge in [-0.2, -0.15) is 0 Å². The second-order valence-electron chi connectivity index (χ2n) is 8.33. The molecule has 0 saturated heterocycles. The molecule has 0 saturated carbocycles. The number of aromatic amines is 1. The Balaban J connectivity index is 1.69. The number of anilines is 1. The number of aliphatic hydroxyl groups excluding tert-OH is 1. The Morgan fingerprint density at radius 2 is 1.91 bits per heavy atom. The lowest BCUT2D eigenvalue weighted by atomic mass is 10.1. The fourth-order valence-electron chi connectivity index (χ4n) is 4.46. The third-order valence-corrected chi connectivity index (χ3v) is 8.25. The number of rotatable bonds is 4. The predicted octanol–water partition coefficient (Wildman–Crippen LogP) is 3.70. The Bertz CT molecular complexity index is 1580. The SMILES string of the molecule is Cc1cc(CO)nc2c1[nH]c(=O)n2-c1cc(S(=O)(=O)N2CCCCc3ccccc32)ccc1Cl. The molecule has 3 heterocycles. The van der Waals surface area contributed by atoms with E-state index in [1.165, 1.54) is 27.1 Å². The Morgan fingerprint density at radius 3 is 2.71 bits per heavy atom. The van der Waals surface area contributed by atoms with E-state index in [0.29, 0.717) is 23.4 Å². The maximum absolute atomic E-state index is 13.8. The van der Waals surface area contributed by atoms with Crippen LogP contribution in [-0.2, 0) is 23.1 Å². The van der Waals surface area contributed by atoms with Crippen LogP contribution in [0.3, 0.4) is 0 Å². The lowest BCUT2D eigenvalue weighted by Gasteiger charge is -2.25. The average Bonchev–Trinajstić information content (AvgIpc) is 3.00. The molecule has 10 heteroatoms. The highest BCUT2D eigenvalue weighted by Gasteiger charge is 2.29. The van der Waals surface area contributed by atoms with Crippen molar-refractivity contribution < 1.29 is 13.5 Å². The molecule has 4 aromatic rings. The third-order valence-electron chi connectivity index (χ3n) is 6.12. The van der Waals surface area contributed by atoms with E-state index in [4.69, 9.17) is 11.6 Å². The van der Waals surface area contributed by atoms with Crippen molar-refractivity contribution in [3.8, 4) is 5.69 Å². The van der Waals surface area contributed by atoms with Crippen molar-refractivity contribution in [1.29, 1.82) is 0 Å². The molecule has 2 N–H and O–H groups in total. The molecule has 0 spiro atoms. The molecule has 0 radical (unpaired) electrons. The van der Waals surface area contributed by atoms with Gasteiger partial charge in [0.2, 0.25) is 0 Å². The molecular formula is C24H23ClN4O4S. The lowest BCUT2D eigenvalue weighted by Crippen LogP contribution is -2.32. The predicted molar refractivity (Wildman–Crippen MR) is 131 cm³/mol. The fraction of sp³-hybridized carbons (Fsp3) is 0.250. The summed E-state index contributed by atoms with van der Waals surface area (Å²) >= 11 is 6.46. The van der Waals surface area contributed by atoms with Crippen molar-refractivity contribution in [3.05, 3.63) is 80.9 Å². The number of imidazole rings is 1. The topological polar surface area (TPSA) is 108 Å². The minimum absolute atomic E-state index is 0.0277. The van der Waals surface area contributed by atoms with E-state index < -0.39 is 15.7 Å². The van der Waals surface area contributed by atoms with Crippen molar-refractivity contribution in [2.45, 2.75) is 37.7 Å². The number of aromatic nitrogens is 3. The maximum atomic E-state index is 13.8. The number of benzene rings is 2. The van der Waals surface area contributed by atoms with Crippen LogP contribution in [0.15, 0.2) is 58.2 Å². The van der Waals surface area contributed by atoms with E-state index in [-0.39, 0.29) is 27.9 Å². The number of nitrogens with one attached hydrogen (secondary N) is 1. The minimum atomic E-state index is -3.93. The van der Waals surface area contributed by atoms with Gasteiger partial charge in [0.1, 0.15) is 0 Å². The van der Waals surface area contributed by atoms with Gasteiger partial charge in [-0.25, -0.2) is 22.8 Å². The van der Waals surface area contributed by atoms with Gasteiger partial charge in [0.25, 0.3) is 10.0 Å². The summed E-state index contributed by atoms with van der Waals surface area (Å²) in [6.45, 7) is 1.86. The molecule has 0 atom stereocenters. The molecule has 34 heavy (non-hydrogen) atoms. The Morgan fingerprint density at radius 1 is 1.12 bits per heavy atom. The molecule has 2 aromatic carbocycles. The lowest BCUT2D eigenvalue weighted by molar-refractivity contribution is 0.277. The molecule has 1 aliphatic rings. The zero-order valence-electron chi connectivity index (χ0n) is 18.5. The first-order valence-electron chi connectivity index (χ1n) is 10.9. The smallest absolute Gasteiger partial charge is 0.332 e. The number of pyridine rings is 1. The molecule has 176 valence electrons. The van der Waals surface area contributed by atoms with Crippen molar-refractivity contribution in [2.24, 2.45) is 0 Å². The standard InChI is InChI=1S/C24H23ClN4O4S/c1-15-12-17(14-30)26-23-22(15)27-24(31)29(23)21-13-18(9-10-19(21)25)34(32,33)28-11-5-4-7-16-6-2-3-8-20(16)28/h2-3,6,8-10,12-13,30H,4-5,7,11,14H2,1H3,(H,27,31). The molecule has 2 aromatic heterocycles. The Labute approximate surface area is 201 Å². The summed E-state index contributed by atoms with van der Waals surface area (Å²) in [6.07, 6.45) is 2.46. The Hall–Kier alpha value is -3.14. The summed E-state index contributed by atoms with van der Waals surface area (Å²) in [5.41, 5.74) is 3.23. The van der Waals surface area contributed by atoms with Crippen molar-refractivity contribution in [3.63, 3.8) is 0 Å². The highest BCUT2D eigenvalue weighted by Crippen LogP contribution is 2.33. The van der Waals surface area contributed by atoms with Gasteiger partial charge in [-0.15, -0.1) is 0 Å². The number of halogens is 1. The summed E-state index contributed by atoms with van der Waals surface area (Å²) in [5.74, 6) is 0. The van der Waals surface area contributed by atoms with Gasteiger partial charge in [0.05, 0.1) is 39.1 Å². The number of hydrogen-bond donors (Lipinski definition) is 2. The van der Waals surface area contributed by atoms with E-state index >= 15 is 0 Å².